The van der Waals surface area contributed by atoms with Gasteiger partial charge < -0.3 is 10.0 Å². The molecule has 0 saturated heterocycles. The molecular weight excluding hydrogens is 324 g/mol. The van der Waals surface area contributed by atoms with Crippen molar-refractivity contribution in [1.29, 1.82) is 0 Å². The number of aromatic nitrogens is 3. The summed E-state index contributed by atoms with van der Waals surface area (Å²) in [6.07, 6.45) is 0. The fourth-order valence-electron chi connectivity index (χ4n) is 2.20. The third-order valence-corrected chi connectivity index (χ3v) is 4.65. The van der Waals surface area contributed by atoms with Crippen molar-refractivity contribution in [1.82, 2.24) is 19.7 Å². The van der Waals surface area contributed by atoms with E-state index in [1.807, 2.05) is 47.8 Å². The molecule has 7 heteroatoms. The Morgan fingerprint density at radius 3 is 2.67 bits per heavy atom. The van der Waals surface area contributed by atoms with Crippen molar-refractivity contribution in [3.05, 3.63) is 53.7 Å². The number of rotatable bonds is 5. The average Bonchev–Trinajstić information content (AvgIpc) is 3.29. The van der Waals surface area contributed by atoms with Gasteiger partial charge in [-0.05, 0) is 30.5 Å². The lowest BCUT2D eigenvalue weighted by molar-refractivity contribution is 0.0670. The number of aliphatic hydroxyl groups is 1. The molecule has 0 fully saturated rings. The van der Waals surface area contributed by atoms with Gasteiger partial charge in [0.05, 0.1) is 23.2 Å². The van der Waals surface area contributed by atoms with E-state index in [4.69, 9.17) is 0 Å². The SMILES string of the molecule is CC(CO)N(C)C(=O)c1nc(-c2cccs2)n(-c2ccccc2)n1. The number of para-hydroxylation sites is 1. The number of nitrogens with zero attached hydrogens (tertiary/aromatic N) is 4. The molecule has 3 aromatic rings. The highest BCUT2D eigenvalue weighted by Gasteiger charge is 2.24. The van der Waals surface area contributed by atoms with Crippen molar-refractivity contribution in [3.63, 3.8) is 0 Å². The maximum atomic E-state index is 12.6. The summed E-state index contributed by atoms with van der Waals surface area (Å²) in [6, 6.07) is 13.2. The van der Waals surface area contributed by atoms with Gasteiger partial charge in [0.2, 0.25) is 5.82 Å². The molecule has 24 heavy (non-hydrogen) atoms. The highest BCUT2D eigenvalue weighted by atomic mass is 32.1. The van der Waals surface area contributed by atoms with Crippen molar-refractivity contribution in [2.24, 2.45) is 0 Å². The molecule has 0 bridgehead atoms. The second-order valence-electron chi connectivity index (χ2n) is 5.43. The van der Waals surface area contributed by atoms with Gasteiger partial charge in [-0.3, -0.25) is 4.79 Å². The first kappa shape index (κ1) is 16.4. The van der Waals surface area contributed by atoms with E-state index >= 15 is 0 Å². The van der Waals surface area contributed by atoms with Crippen LogP contribution in [0.25, 0.3) is 16.4 Å². The van der Waals surface area contributed by atoms with Gasteiger partial charge in [0.25, 0.3) is 5.91 Å². The minimum Gasteiger partial charge on any atom is -0.394 e. The summed E-state index contributed by atoms with van der Waals surface area (Å²) >= 11 is 1.54. The van der Waals surface area contributed by atoms with Gasteiger partial charge >= 0.3 is 0 Å². The van der Waals surface area contributed by atoms with E-state index in [9.17, 15) is 9.90 Å². The predicted octanol–water partition coefficient (Wildman–Crippen LogP) is 2.45. The number of hydrogen-bond acceptors (Lipinski definition) is 5. The third kappa shape index (κ3) is 3.08. The zero-order valence-corrected chi connectivity index (χ0v) is 14.3. The molecule has 0 saturated carbocycles. The number of carbonyl (C=O) groups excluding carboxylic acids is 1. The van der Waals surface area contributed by atoms with Gasteiger partial charge in [-0.25, -0.2) is 9.67 Å². The van der Waals surface area contributed by atoms with Crippen LogP contribution in [-0.4, -0.2) is 50.4 Å². The quantitative estimate of drug-likeness (QED) is 0.773. The van der Waals surface area contributed by atoms with Gasteiger partial charge in [-0.2, -0.15) is 0 Å². The van der Waals surface area contributed by atoms with E-state index in [1.54, 1.807) is 30.0 Å². The van der Waals surface area contributed by atoms with E-state index in [1.165, 1.54) is 4.90 Å². The Kier molecular flexibility index (Phi) is 4.73. The van der Waals surface area contributed by atoms with E-state index < -0.39 is 0 Å². The summed E-state index contributed by atoms with van der Waals surface area (Å²) in [7, 11) is 1.64. The smallest absolute Gasteiger partial charge is 0.293 e. The Bertz CT molecular complexity index is 815. The van der Waals surface area contributed by atoms with Crippen molar-refractivity contribution < 1.29 is 9.90 Å². The van der Waals surface area contributed by atoms with Crippen LogP contribution in [0.1, 0.15) is 17.5 Å². The zero-order valence-electron chi connectivity index (χ0n) is 13.5. The molecule has 0 radical (unpaired) electrons. The van der Waals surface area contributed by atoms with Gasteiger partial charge in [0, 0.05) is 7.05 Å². The highest BCUT2D eigenvalue weighted by molar-refractivity contribution is 7.13. The summed E-state index contributed by atoms with van der Waals surface area (Å²) in [6.45, 7) is 1.66. The second-order valence-corrected chi connectivity index (χ2v) is 6.38. The van der Waals surface area contributed by atoms with Crippen LogP contribution in [0, 0.1) is 0 Å². The molecule has 0 aliphatic carbocycles. The summed E-state index contributed by atoms with van der Waals surface area (Å²) in [5.74, 6) is 0.429. The number of hydrogen-bond donors (Lipinski definition) is 1. The molecule has 1 aromatic carbocycles. The van der Waals surface area contributed by atoms with Crippen LogP contribution >= 0.6 is 11.3 Å². The number of aliphatic hydroxyl groups excluding tert-OH is 1. The predicted molar refractivity (Wildman–Crippen MR) is 93.3 cm³/mol. The van der Waals surface area contributed by atoms with Crippen LogP contribution in [0.4, 0.5) is 0 Å². The largest absolute Gasteiger partial charge is 0.394 e. The van der Waals surface area contributed by atoms with Gasteiger partial charge in [-0.15, -0.1) is 16.4 Å². The van der Waals surface area contributed by atoms with Crippen molar-refractivity contribution in [2.45, 2.75) is 13.0 Å². The van der Waals surface area contributed by atoms with Crippen molar-refractivity contribution in [2.75, 3.05) is 13.7 Å². The standard InChI is InChI=1S/C17H18N4O2S/c1-12(11-22)20(2)17(23)15-18-16(14-9-6-10-24-14)21(19-15)13-7-4-3-5-8-13/h3-10,12,22H,11H2,1-2H3. The Labute approximate surface area is 144 Å². The van der Waals surface area contributed by atoms with Crippen molar-refractivity contribution >= 4 is 17.2 Å². The Morgan fingerprint density at radius 2 is 2.04 bits per heavy atom. The van der Waals surface area contributed by atoms with Crippen LogP contribution in [0.3, 0.4) is 0 Å². The topological polar surface area (TPSA) is 71.2 Å². The molecule has 1 atom stereocenters. The summed E-state index contributed by atoms with van der Waals surface area (Å²) in [4.78, 5) is 19.4. The number of benzene rings is 1. The molecule has 0 spiro atoms. The molecule has 1 unspecified atom stereocenters. The highest BCUT2D eigenvalue weighted by Crippen LogP contribution is 2.25. The summed E-state index contributed by atoms with van der Waals surface area (Å²) < 4.78 is 1.68. The van der Waals surface area contributed by atoms with Gasteiger partial charge in [0.15, 0.2) is 5.82 Å². The lowest BCUT2D eigenvalue weighted by atomic mass is 10.3. The number of carbonyl (C=O) groups is 1. The van der Waals surface area contributed by atoms with Crippen molar-refractivity contribution in [3.8, 4) is 16.4 Å². The minimum atomic E-state index is -0.316. The molecule has 2 aromatic heterocycles. The summed E-state index contributed by atoms with van der Waals surface area (Å²) in [5.41, 5.74) is 0.838. The zero-order chi connectivity index (χ0) is 17.1. The molecule has 1 N–H and O–H groups in total. The fourth-order valence-corrected chi connectivity index (χ4v) is 2.90. The molecule has 3 rings (SSSR count). The summed E-state index contributed by atoms with van der Waals surface area (Å²) in [5, 5.41) is 15.6. The molecular formula is C17H18N4O2S. The van der Waals surface area contributed by atoms with Crippen LogP contribution in [0.2, 0.25) is 0 Å². The van der Waals surface area contributed by atoms with E-state index in [-0.39, 0.29) is 24.4 Å². The monoisotopic (exact) mass is 342 g/mol. The fraction of sp³-hybridized carbons (Fsp3) is 0.235. The Hall–Kier alpha value is -2.51. The number of amides is 1. The first-order valence-electron chi connectivity index (χ1n) is 7.56. The van der Waals surface area contributed by atoms with Crippen LogP contribution < -0.4 is 0 Å². The first-order valence-corrected chi connectivity index (χ1v) is 8.44. The molecule has 1 amide bonds. The van der Waals surface area contributed by atoms with Crippen LogP contribution in [0.5, 0.6) is 0 Å². The van der Waals surface area contributed by atoms with Crippen LogP contribution in [0.15, 0.2) is 47.8 Å². The second kappa shape index (κ2) is 6.94. The minimum absolute atomic E-state index is 0.112. The Morgan fingerprint density at radius 1 is 1.29 bits per heavy atom. The third-order valence-electron chi connectivity index (χ3n) is 3.79. The molecule has 6 nitrogen and oxygen atoms in total. The molecule has 124 valence electrons. The molecule has 2 heterocycles. The lowest BCUT2D eigenvalue weighted by Crippen LogP contribution is -2.37. The van der Waals surface area contributed by atoms with Crippen LogP contribution in [-0.2, 0) is 0 Å². The first-order chi connectivity index (χ1) is 11.6. The number of likely N-dealkylation sites (N-methyl/N-ethyl adjacent to an activating group) is 1. The van der Waals surface area contributed by atoms with E-state index in [2.05, 4.69) is 10.1 Å². The number of thiophene rings is 1. The lowest BCUT2D eigenvalue weighted by Gasteiger charge is -2.21. The average molecular weight is 342 g/mol. The maximum absolute atomic E-state index is 12.6. The van der Waals surface area contributed by atoms with Gasteiger partial charge in [0.1, 0.15) is 0 Å². The molecule has 0 aliphatic heterocycles. The van der Waals surface area contributed by atoms with E-state index in [0.717, 1.165) is 10.6 Å². The van der Waals surface area contributed by atoms with Gasteiger partial charge in [-0.1, -0.05) is 24.3 Å². The molecule has 0 aliphatic rings. The Balaban J connectivity index is 2.06. The normalized spacial score (nSPS) is 12.1. The van der Waals surface area contributed by atoms with E-state index in [0.29, 0.717) is 5.82 Å². The maximum Gasteiger partial charge on any atom is 0.293 e.